The van der Waals surface area contributed by atoms with Crippen LogP contribution >= 0.6 is 0 Å². The largest absolute Gasteiger partial charge is 0.368 e. The predicted octanol–water partition coefficient (Wildman–Crippen LogP) is 4.60. The molecule has 0 amide bonds. The van der Waals surface area contributed by atoms with Gasteiger partial charge in [-0.25, -0.2) is 15.0 Å². The maximum Gasteiger partial charge on any atom is 0.222 e. The van der Waals surface area contributed by atoms with E-state index in [0.29, 0.717) is 6.04 Å². The normalized spacial score (nSPS) is 12.9. The van der Waals surface area contributed by atoms with Crippen molar-refractivity contribution in [3.05, 3.63) is 12.7 Å². The number of nitrogen functional groups attached to an aromatic ring is 1. The molecule has 0 aliphatic carbocycles. The van der Waals surface area contributed by atoms with Gasteiger partial charge in [-0.15, -0.1) is 0 Å². The number of rotatable bonds is 15. The summed E-state index contributed by atoms with van der Waals surface area (Å²) in [5.41, 5.74) is 16.9. The van der Waals surface area contributed by atoms with Crippen LogP contribution in [-0.2, 0) is 0 Å². The van der Waals surface area contributed by atoms with E-state index in [1.807, 2.05) is 6.92 Å². The van der Waals surface area contributed by atoms with E-state index in [4.69, 9.17) is 17.2 Å². The van der Waals surface area contributed by atoms with Crippen LogP contribution in [-0.4, -0.2) is 27.0 Å². The molecular weight excluding hydrogens is 336 g/mol. The fraction of sp³-hybridized carbons (Fsp3) is 0.857. The van der Waals surface area contributed by atoms with Crippen LogP contribution in [0.1, 0.15) is 104 Å². The monoisotopic (exact) mass is 380 g/mol. The first-order valence-electron chi connectivity index (χ1n) is 10.9. The molecule has 1 rings (SSSR count). The Morgan fingerprint density at radius 2 is 1.22 bits per heavy atom. The summed E-state index contributed by atoms with van der Waals surface area (Å²) in [6.45, 7) is 4.32. The van der Waals surface area contributed by atoms with E-state index in [1.165, 1.54) is 89.7 Å². The lowest BCUT2D eigenvalue weighted by molar-refractivity contribution is 0.480. The van der Waals surface area contributed by atoms with Gasteiger partial charge in [0.2, 0.25) is 5.95 Å². The molecule has 0 spiro atoms. The maximum absolute atomic E-state index is 6.03. The molecule has 0 saturated carbocycles. The van der Waals surface area contributed by atoms with Gasteiger partial charge in [-0.05, 0) is 19.8 Å². The highest BCUT2D eigenvalue weighted by molar-refractivity contribution is 5.08. The second-order valence-electron chi connectivity index (χ2n) is 7.65. The molecule has 6 nitrogen and oxygen atoms in total. The molecule has 158 valence electrons. The van der Waals surface area contributed by atoms with Crippen LogP contribution in [0, 0.1) is 0 Å². The summed E-state index contributed by atoms with van der Waals surface area (Å²) in [5.74, 6) is 0.259. The summed E-state index contributed by atoms with van der Waals surface area (Å²) < 4.78 is 0. The molecule has 6 heteroatoms. The standard InChI is InChI=1S/C18H40N2.C3H4N4/c1-3-4-5-6-7-8-9-10-11-12-13-14-15-18(20)16-17(2)19;4-3-6-1-5-2-7-3/h17-18H,3-16,19-20H2,1-2H3;1-2H,(H2,4,5,6,7). The SMILES string of the molecule is CCCCCCCCCCCCCCC(N)CC(C)N.Nc1ncncn1. The Morgan fingerprint density at radius 1 is 0.778 bits per heavy atom. The van der Waals surface area contributed by atoms with Gasteiger partial charge in [-0.2, -0.15) is 0 Å². The third kappa shape index (κ3) is 20.9. The molecule has 0 fully saturated rings. The van der Waals surface area contributed by atoms with Crippen LogP contribution in [0.25, 0.3) is 0 Å². The first kappa shape index (κ1) is 25.7. The highest BCUT2D eigenvalue weighted by Crippen LogP contribution is 2.13. The Hall–Kier alpha value is -1.27. The quantitative estimate of drug-likeness (QED) is 0.383. The predicted molar refractivity (Wildman–Crippen MR) is 116 cm³/mol. The van der Waals surface area contributed by atoms with Gasteiger partial charge in [0.05, 0.1) is 0 Å². The van der Waals surface area contributed by atoms with Crippen molar-refractivity contribution in [3.63, 3.8) is 0 Å². The number of anilines is 1. The molecule has 0 aliphatic heterocycles. The fourth-order valence-electron chi connectivity index (χ4n) is 3.09. The minimum atomic E-state index is 0.252. The van der Waals surface area contributed by atoms with Crippen molar-refractivity contribution in [2.75, 3.05) is 5.73 Å². The number of nitrogens with zero attached hydrogens (tertiary/aromatic N) is 3. The average molecular weight is 381 g/mol. The Kier molecular flexibility index (Phi) is 18.6. The van der Waals surface area contributed by atoms with Gasteiger partial charge in [0.1, 0.15) is 12.7 Å². The third-order valence-corrected chi connectivity index (χ3v) is 4.62. The van der Waals surface area contributed by atoms with Crippen LogP contribution in [0.2, 0.25) is 0 Å². The maximum atomic E-state index is 6.03. The van der Waals surface area contributed by atoms with Crippen molar-refractivity contribution >= 4 is 5.95 Å². The Morgan fingerprint density at radius 3 is 1.59 bits per heavy atom. The molecule has 0 saturated heterocycles. The molecule has 0 aliphatic rings. The Balaban J connectivity index is 0.000000797. The Bertz CT molecular complexity index is 399. The van der Waals surface area contributed by atoms with Crippen molar-refractivity contribution in [1.29, 1.82) is 0 Å². The van der Waals surface area contributed by atoms with Gasteiger partial charge in [0.25, 0.3) is 0 Å². The topological polar surface area (TPSA) is 117 Å². The fourth-order valence-corrected chi connectivity index (χ4v) is 3.09. The molecule has 6 N–H and O–H groups in total. The lowest BCUT2D eigenvalue weighted by Gasteiger charge is -2.13. The number of hydrogen-bond donors (Lipinski definition) is 3. The number of nitrogens with two attached hydrogens (primary N) is 3. The summed E-state index contributed by atoms with van der Waals surface area (Å²) in [4.78, 5) is 10.6. The van der Waals surface area contributed by atoms with Crippen molar-refractivity contribution in [2.24, 2.45) is 11.5 Å². The first-order valence-corrected chi connectivity index (χ1v) is 10.9. The van der Waals surface area contributed by atoms with Gasteiger partial charge in [0, 0.05) is 12.1 Å². The van der Waals surface area contributed by atoms with Crippen LogP contribution in [0.4, 0.5) is 5.95 Å². The second-order valence-corrected chi connectivity index (χ2v) is 7.65. The van der Waals surface area contributed by atoms with E-state index in [9.17, 15) is 0 Å². The molecule has 0 radical (unpaired) electrons. The summed E-state index contributed by atoms with van der Waals surface area (Å²) in [5, 5.41) is 0. The van der Waals surface area contributed by atoms with Crippen LogP contribution in [0.5, 0.6) is 0 Å². The summed E-state index contributed by atoms with van der Waals surface area (Å²) in [7, 11) is 0. The number of aromatic nitrogens is 3. The van der Waals surface area contributed by atoms with Crippen molar-refractivity contribution in [3.8, 4) is 0 Å². The van der Waals surface area contributed by atoms with Crippen LogP contribution in [0.15, 0.2) is 12.7 Å². The van der Waals surface area contributed by atoms with Gasteiger partial charge in [0.15, 0.2) is 0 Å². The average Bonchev–Trinajstić information content (AvgIpc) is 2.63. The van der Waals surface area contributed by atoms with E-state index >= 15 is 0 Å². The molecular formula is C21H44N6. The number of unbranched alkanes of at least 4 members (excludes halogenated alkanes) is 11. The molecule has 0 bridgehead atoms. The van der Waals surface area contributed by atoms with Crippen molar-refractivity contribution in [2.45, 2.75) is 116 Å². The zero-order valence-electron chi connectivity index (χ0n) is 17.8. The molecule has 0 aromatic carbocycles. The lowest BCUT2D eigenvalue weighted by Crippen LogP contribution is -2.29. The molecule has 1 heterocycles. The van der Waals surface area contributed by atoms with E-state index in [1.54, 1.807) is 0 Å². The summed E-state index contributed by atoms with van der Waals surface area (Å²) >= 11 is 0. The highest BCUT2D eigenvalue weighted by atomic mass is 15.0. The molecule has 1 aromatic rings. The van der Waals surface area contributed by atoms with Gasteiger partial charge in [-0.1, -0.05) is 84.0 Å². The zero-order valence-corrected chi connectivity index (χ0v) is 17.8. The lowest BCUT2D eigenvalue weighted by atomic mass is 10.0. The van der Waals surface area contributed by atoms with Gasteiger partial charge in [-0.3, -0.25) is 0 Å². The van der Waals surface area contributed by atoms with Crippen molar-refractivity contribution in [1.82, 2.24) is 15.0 Å². The van der Waals surface area contributed by atoms with Crippen molar-refractivity contribution < 1.29 is 0 Å². The van der Waals surface area contributed by atoms with Gasteiger partial charge < -0.3 is 17.2 Å². The second kappa shape index (κ2) is 19.5. The smallest absolute Gasteiger partial charge is 0.222 e. The molecule has 27 heavy (non-hydrogen) atoms. The first-order chi connectivity index (χ1) is 13.1. The van der Waals surface area contributed by atoms with Crippen LogP contribution in [0.3, 0.4) is 0 Å². The number of hydrogen-bond acceptors (Lipinski definition) is 6. The third-order valence-electron chi connectivity index (χ3n) is 4.62. The molecule has 1 aromatic heterocycles. The summed E-state index contributed by atoms with van der Waals surface area (Å²) in [6, 6.07) is 0.570. The van der Waals surface area contributed by atoms with E-state index in [2.05, 4.69) is 21.9 Å². The minimum absolute atomic E-state index is 0.252. The molecule has 2 atom stereocenters. The summed E-state index contributed by atoms with van der Waals surface area (Å²) in [6.07, 6.45) is 21.7. The van der Waals surface area contributed by atoms with E-state index in [0.717, 1.165) is 12.8 Å². The van der Waals surface area contributed by atoms with Crippen LogP contribution < -0.4 is 17.2 Å². The van der Waals surface area contributed by atoms with E-state index in [-0.39, 0.29) is 12.0 Å². The Labute approximate surface area is 167 Å². The zero-order chi connectivity index (χ0) is 20.2. The van der Waals surface area contributed by atoms with E-state index < -0.39 is 0 Å². The molecule has 2 unspecified atom stereocenters. The van der Waals surface area contributed by atoms with Gasteiger partial charge >= 0.3 is 0 Å². The highest BCUT2D eigenvalue weighted by Gasteiger charge is 2.04. The minimum Gasteiger partial charge on any atom is -0.368 e.